The molecule has 1 aliphatic rings. The predicted octanol–water partition coefficient (Wildman–Crippen LogP) is 6.55. The third kappa shape index (κ3) is 4.75. The quantitative estimate of drug-likeness (QED) is 0.314. The maximum absolute atomic E-state index is 13.0. The number of aryl methyl sites for hydroxylation is 2. The Morgan fingerprint density at radius 2 is 1.72 bits per heavy atom. The molecule has 5 rings (SSSR count). The maximum atomic E-state index is 13.0. The van der Waals surface area contributed by atoms with Crippen LogP contribution in [0.25, 0.3) is 11.0 Å². The van der Waals surface area contributed by atoms with E-state index in [1.54, 1.807) is 0 Å². The van der Waals surface area contributed by atoms with E-state index < -0.39 is 0 Å². The second-order valence-corrected chi connectivity index (χ2v) is 10.9. The molecule has 1 atom stereocenters. The summed E-state index contributed by atoms with van der Waals surface area (Å²) in [6, 6.07) is 22.8. The van der Waals surface area contributed by atoms with E-state index in [2.05, 4.69) is 69.5 Å². The van der Waals surface area contributed by atoms with Gasteiger partial charge in [0.25, 0.3) is 0 Å². The van der Waals surface area contributed by atoms with Gasteiger partial charge in [-0.15, -0.1) is 0 Å². The molecule has 1 saturated heterocycles. The fourth-order valence-corrected chi connectivity index (χ4v) is 4.97. The first-order valence-corrected chi connectivity index (χ1v) is 12.8. The van der Waals surface area contributed by atoms with E-state index in [4.69, 9.17) is 9.72 Å². The number of hydrogen-bond donors (Lipinski definition) is 0. The van der Waals surface area contributed by atoms with Crippen LogP contribution in [0.15, 0.2) is 66.7 Å². The molecule has 0 radical (unpaired) electrons. The van der Waals surface area contributed by atoms with Gasteiger partial charge in [-0.3, -0.25) is 4.79 Å². The lowest BCUT2D eigenvalue weighted by Crippen LogP contribution is -2.24. The first-order valence-electron chi connectivity index (χ1n) is 12.8. The Labute approximate surface area is 213 Å². The normalized spacial score (nSPS) is 16.2. The Balaban J connectivity index is 1.36. The van der Waals surface area contributed by atoms with Crippen molar-refractivity contribution in [1.29, 1.82) is 0 Å². The van der Waals surface area contributed by atoms with Crippen LogP contribution in [0.3, 0.4) is 0 Å². The number of benzene rings is 3. The third-order valence-corrected chi connectivity index (χ3v) is 7.28. The summed E-state index contributed by atoms with van der Waals surface area (Å²) in [6.07, 6.45) is 0.464. The molecule has 2 heterocycles. The molecular formula is C31H35N3O2. The number of para-hydroxylation sites is 2. The lowest BCUT2D eigenvalue weighted by Gasteiger charge is -2.19. The highest BCUT2D eigenvalue weighted by Crippen LogP contribution is 2.34. The van der Waals surface area contributed by atoms with E-state index >= 15 is 0 Å². The SMILES string of the molecule is Cc1ccc(N2CC(c3nc4ccccc4n3CCOc3ccc(C(C)(C)C)cc3)CC2=O)cc1C. The molecule has 0 N–H and O–H groups in total. The molecule has 186 valence electrons. The van der Waals surface area contributed by atoms with Crippen molar-refractivity contribution in [3.8, 4) is 5.75 Å². The minimum Gasteiger partial charge on any atom is -0.492 e. The number of amides is 1. The molecule has 4 aromatic rings. The highest BCUT2D eigenvalue weighted by atomic mass is 16.5. The predicted molar refractivity (Wildman–Crippen MR) is 146 cm³/mol. The van der Waals surface area contributed by atoms with E-state index in [1.165, 1.54) is 16.7 Å². The molecule has 5 nitrogen and oxygen atoms in total. The summed E-state index contributed by atoms with van der Waals surface area (Å²) < 4.78 is 8.36. The third-order valence-electron chi connectivity index (χ3n) is 7.28. The first-order chi connectivity index (χ1) is 17.2. The molecule has 5 heteroatoms. The van der Waals surface area contributed by atoms with Gasteiger partial charge in [0.05, 0.1) is 17.6 Å². The average molecular weight is 482 g/mol. The Morgan fingerprint density at radius 1 is 0.972 bits per heavy atom. The fraction of sp³-hybridized carbons (Fsp3) is 0.355. The number of hydrogen-bond acceptors (Lipinski definition) is 3. The van der Waals surface area contributed by atoms with Gasteiger partial charge in [-0.2, -0.15) is 0 Å². The molecule has 0 aliphatic carbocycles. The van der Waals surface area contributed by atoms with Crippen LogP contribution in [-0.2, 0) is 16.8 Å². The van der Waals surface area contributed by atoms with Gasteiger partial charge in [0.2, 0.25) is 5.91 Å². The van der Waals surface area contributed by atoms with Crippen LogP contribution in [0, 0.1) is 13.8 Å². The number of fused-ring (bicyclic) bond motifs is 1. The molecular weight excluding hydrogens is 446 g/mol. The maximum Gasteiger partial charge on any atom is 0.227 e. The molecule has 1 aliphatic heterocycles. The zero-order valence-corrected chi connectivity index (χ0v) is 21.9. The highest BCUT2D eigenvalue weighted by molar-refractivity contribution is 5.96. The number of carbonyl (C=O) groups is 1. The summed E-state index contributed by atoms with van der Waals surface area (Å²) in [6.45, 7) is 12.7. The Morgan fingerprint density at radius 3 is 2.44 bits per heavy atom. The van der Waals surface area contributed by atoms with E-state index in [0.29, 0.717) is 26.1 Å². The molecule has 1 fully saturated rings. The smallest absolute Gasteiger partial charge is 0.227 e. The fourth-order valence-electron chi connectivity index (χ4n) is 4.97. The van der Waals surface area contributed by atoms with Crippen LogP contribution in [0.2, 0.25) is 0 Å². The molecule has 3 aromatic carbocycles. The van der Waals surface area contributed by atoms with E-state index in [9.17, 15) is 4.79 Å². The number of aromatic nitrogens is 2. The highest BCUT2D eigenvalue weighted by Gasteiger charge is 2.35. The lowest BCUT2D eigenvalue weighted by atomic mass is 9.87. The van der Waals surface area contributed by atoms with Crippen molar-refractivity contribution in [2.24, 2.45) is 0 Å². The summed E-state index contributed by atoms with van der Waals surface area (Å²) >= 11 is 0. The molecule has 0 saturated carbocycles. The van der Waals surface area contributed by atoms with Crippen LogP contribution in [-0.4, -0.2) is 28.6 Å². The van der Waals surface area contributed by atoms with Crippen molar-refractivity contribution < 1.29 is 9.53 Å². The second kappa shape index (κ2) is 9.45. The van der Waals surface area contributed by atoms with Gasteiger partial charge in [0.15, 0.2) is 0 Å². The van der Waals surface area contributed by atoms with Crippen molar-refractivity contribution >= 4 is 22.6 Å². The van der Waals surface area contributed by atoms with Crippen molar-refractivity contribution in [2.75, 3.05) is 18.1 Å². The van der Waals surface area contributed by atoms with Crippen LogP contribution < -0.4 is 9.64 Å². The molecule has 36 heavy (non-hydrogen) atoms. The van der Waals surface area contributed by atoms with Crippen LogP contribution in [0.1, 0.15) is 55.6 Å². The lowest BCUT2D eigenvalue weighted by molar-refractivity contribution is -0.117. The number of anilines is 1. The van der Waals surface area contributed by atoms with Gasteiger partial charge in [0.1, 0.15) is 18.2 Å². The van der Waals surface area contributed by atoms with Gasteiger partial charge < -0.3 is 14.2 Å². The van der Waals surface area contributed by atoms with Crippen molar-refractivity contribution in [3.05, 3.63) is 89.2 Å². The van der Waals surface area contributed by atoms with E-state index in [1.807, 2.05) is 41.3 Å². The molecule has 0 bridgehead atoms. The van der Waals surface area contributed by atoms with Gasteiger partial charge in [-0.25, -0.2) is 4.98 Å². The summed E-state index contributed by atoms with van der Waals surface area (Å²) in [4.78, 5) is 19.9. The summed E-state index contributed by atoms with van der Waals surface area (Å²) in [5.41, 5.74) is 6.84. The number of rotatable bonds is 6. The number of carbonyl (C=O) groups excluding carboxylic acids is 1. The molecule has 1 unspecified atom stereocenters. The van der Waals surface area contributed by atoms with Gasteiger partial charge in [-0.1, -0.05) is 51.1 Å². The second-order valence-electron chi connectivity index (χ2n) is 10.9. The van der Waals surface area contributed by atoms with Gasteiger partial charge in [-0.05, 0) is 72.4 Å². The Hall–Kier alpha value is -3.60. The van der Waals surface area contributed by atoms with E-state index in [-0.39, 0.29) is 17.2 Å². The number of ether oxygens (including phenoxy) is 1. The largest absolute Gasteiger partial charge is 0.492 e. The van der Waals surface area contributed by atoms with Gasteiger partial charge in [0, 0.05) is 24.6 Å². The molecule has 1 amide bonds. The minimum atomic E-state index is 0.0394. The van der Waals surface area contributed by atoms with Crippen molar-refractivity contribution in [3.63, 3.8) is 0 Å². The number of imidazole rings is 1. The Kier molecular flexibility index (Phi) is 6.33. The van der Waals surface area contributed by atoms with Crippen LogP contribution >= 0.6 is 0 Å². The number of nitrogens with zero attached hydrogens (tertiary/aromatic N) is 3. The zero-order valence-electron chi connectivity index (χ0n) is 21.9. The minimum absolute atomic E-state index is 0.0394. The summed E-state index contributed by atoms with van der Waals surface area (Å²) in [5.74, 6) is 2.02. The topological polar surface area (TPSA) is 47.4 Å². The Bertz CT molecular complexity index is 1400. The average Bonchev–Trinajstić information content (AvgIpc) is 3.41. The van der Waals surface area contributed by atoms with Crippen molar-refractivity contribution in [1.82, 2.24) is 9.55 Å². The van der Waals surface area contributed by atoms with E-state index in [0.717, 1.165) is 28.3 Å². The van der Waals surface area contributed by atoms with Gasteiger partial charge >= 0.3 is 0 Å². The molecule has 1 aromatic heterocycles. The standard InChI is InChI=1S/C31H35N3O2/c1-21-10-13-25(18-22(21)2)34-20-23(19-29(34)35)30-32-27-8-6-7-9-28(27)33(30)16-17-36-26-14-11-24(12-15-26)31(3,4)5/h6-15,18,23H,16-17,19-20H2,1-5H3. The summed E-state index contributed by atoms with van der Waals surface area (Å²) in [5, 5.41) is 0. The van der Waals surface area contributed by atoms with Crippen molar-refractivity contribution in [2.45, 2.75) is 58.9 Å². The zero-order chi connectivity index (χ0) is 25.4. The molecule has 0 spiro atoms. The summed E-state index contributed by atoms with van der Waals surface area (Å²) in [7, 11) is 0. The first kappa shape index (κ1) is 24.1. The van der Waals surface area contributed by atoms with Crippen LogP contribution in [0.4, 0.5) is 5.69 Å². The monoisotopic (exact) mass is 481 g/mol. The van der Waals surface area contributed by atoms with Crippen LogP contribution in [0.5, 0.6) is 5.75 Å².